The maximum Gasteiger partial charge on any atom is 0.332 e. The van der Waals surface area contributed by atoms with Crippen molar-refractivity contribution in [2.75, 3.05) is 0 Å². The van der Waals surface area contributed by atoms with E-state index >= 15 is 0 Å². The smallest absolute Gasteiger partial charge is 0.332 e. The Hall–Kier alpha value is -2.89. The van der Waals surface area contributed by atoms with E-state index in [1.165, 1.54) is 18.3 Å². The highest BCUT2D eigenvalue weighted by Crippen LogP contribution is 2.21. The fraction of sp³-hybridized carbons (Fsp3) is 0. The second kappa shape index (κ2) is 6.33. The molecule has 0 atom stereocenters. The lowest BCUT2D eigenvalue weighted by atomic mass is 10.2. The van der Waals surface area contributed by atoms with Crippen LogP contribution < -0.4 is 15.9 Å². The van der Waals surface area contributed by atoms with Crippen LogP contribution in [0.3, 0.4) is 0 Å². The molecule has 0 heterocycles. The van der Waals surface area contributed by atoms with E-state index in [0.29, 0.717) is 11.5 Å². The Labute approximate surface area is 114 Å². The van der Waals surface area contributed by atoms with Crippen molar-refractivity contribution < 1.29 is 13.9 Å². The number of nitrogens with zero attached hydrogens (tertiary/aromatic N) is 1. The number of carbonyl (C=O) groups excluding carboxylic acids is 1. The van der Waals surface area contributed by atoms with Crippen LogP contribution in [0.15, 0.2) is 53.6 Å². The number of halogens is 1. The predicted molar refractivity (Wildman–Crippen MR) is 73.2 cm³/mol. The zero-order valence-electron chi connectivity index (χ0n) is 10.4. The van der Waals surface area contributed by atoms with Gasteiger partial charge in [0.25, 0.3) is 0 Å². The Morgan fingerprint density at radius 2 is 1.65 bits per heavy atom. The molecule has 2 aromatic carbocycles. The van der Waals surface area contributed by atoms with Crippen LogP contribution in [0.5, 0.6) is 11.5 Å². The van der Waals surface area contributed by atoms with Crippen LogP contribution in [0.25, 0.3) is 0 Å². The minimum Gasteiger partial charge on any atom is -0.457 e. The molecule has 3 N–H and O–H groups in total. The zero-order chi connectivity index (χ0) is 14.4. The van der Waals surface area contributed by atoms with Crippen LogP contribution in [-0.2, 0) is 0 Å². The first-order valence-corrected chi connectivity index (χ1v) is 5.75. The van der Waals surface area contributed by atoms with Gasteiger partial charge in [-0.25, -0.2) is 14.6 Å². The van der Waals surface area contributed by atoms with Gasteiger partial charge in [-0.05, 0) is 54.1 Å². The fourth-order valence-corrected chi connectivity index (χ4v) is 1.43. The molecule has 0 spiro atoms. The predicted octanol–water partition coefficient (Wildman–Crippen LogP) is 2.62. The zero-order valence-corrected chi connectivity index (χ0v) is 10.4. The number of benzene rings is 2. The Morgan fingerprint density at radius 3 is 2.20 bits per heavy atom. The Bertz CT molecular complexity index is 609. The molecule has 0 aliphatic carbocycles. The molecule has 0 saturated heterocycles. The third-order valence-corrected chi connectivity index (χ3v) is 2.32. The summed E-state index contributed by atoms with van der Waals surface area (Å²) in [4.78, 5) is 10.4. The molecule has 0 saturated carbocycles. The molecule has 6 heteroatoms. The summed E-state index contributed by atoms with van der Waals surface area (Å²) < 4.78 is 18.3. The second-order valence-corrected chi connectivity index (χ2v) is 3.86. The Balaban J connectivity index is 1.99. The van der Waals surface area contributed by atoms with Crippen molar-refractivity contribution in [3.63, 3.8) is 0 Å². The monoisotopic (exact) mass is 273 g/mol. The van der Waals surface area contributed by atoms with Crippen molar-refractivity contribution in [2.24, 2.45) is 10.8 Å². The van der Waals surface area contributed by atoms with Gasteiger partial charge in [-0.15, -0.1) is 0 Å². The first kappa shape index (κ1) is 13.5. The van der Waals surface area contributed by atoms with E-state index in [2.05, 4.69) is 10.5 Å². The molecule has 0 aliphatic heterocycles. The van der Waals surface area contributed by atoms with Gasteiger partial charge in [0, 0.05) is 0 Å². The number of nitrogens with one attached hydrogen (secondary N) is 1. The van der Waals surface area contributed by atoms with Crippen LogP contribution >= 0.6 is 0 Å². The van der Waals surface area contributed by atoms with E-state index in [1.807, 2.05) is 0 Å². The summed E-state index contributed by atoms with van der Waals surface area (Å²) in [5.41, 5.74) is 7.73. The highest BCUT2D eigenvalue weighted by Gasteiger charge is 1.98. The van der Waals surface area contributed by atoms with Crippen LogP contribution in [-0.4, -0.2) is 12.2 Å². The second-order valence-electron chi connectivity index (χ2n) is 3.86. The van der Waals surface area contributed by atoms with Gasteiger partial charge in [0.1, 0.15) is 17.3 Å². The average molecular weight is 273 g/mol. The van der Waals surface area contributed by atoms with Gasteiger partial charge in [0.05, 0.1) is 6.21 Å². The maximum atomic E-state index is 12.7. The van der Waals surface area contributed by atoms with E-state index in [0.717, 1.165) is 5.56 Å². The molecule has 0 bridgehead atoms. The van der Waals surface area contributed by atoms with Gasteiger partial charge < -0.3 is 10.5 Å². The summed E-state index contributed by atoms with van der Waals surface area (Å²) in [6.45, 7) is 0. The average Bonchev–Trinajstić information content (AvgIpc) is 2.43. The molecule has 5 nitrogen and oxygen atoms in total. The van der Waals surface area contributed by atoms with E-state index in [-0.39, 0.29) is 5.82 Å². The molecule has 2 rings (SSSR count). The van der Waals surface area contributed by atoms with Crippen molar-refractivity contribution in [2.45, 2.75) is 0 Å². The third kappa shape index (κ3) is 4.09. The number of hydrogen-bond donors (Lipinski definition) is 2. The van der Waals surface area contributed by atoms with E-state index in [1.54, 1.807) is 36.4 Å². The number of urea groups is 1. The van der Waals surface area contributed by atoms with Crippen molar-refractivity contribution in [1.29, 1.82) is 0 Å². The lowest BCUT2D eigenvalue weighted by molar-refractivity contribution is 0.249. The van der Waals surface area contributed by atoms with Gasteiger partial charge in [-0.1, -0.05) is 0 Å². The largest absolute Gasteiger partial charge is 0.457 e. The molecule has 0 fully saturated rings. The van der Waals surface area contributed by atoms with Gasteiger partial charge >= 0.3 is 6.03 Å². The fourth-order valence-electron chi connectivity index (χ4n) is 1.43. The molecule has 2 aromatic rings. The summed E-state index contributed by atoms with van der Waals surface area (Å²) in [7, 11) is 0. The Morgan fingerprint density at radius 1 is 1.10 bits per heavy atom. The minimum atomic E-state index is -0.725. The van der Waals surface area contributed by atoms with E-state index in [4.69, 9.17) is 10.5 Å². The SMILES string of the molecule is NC(=O)NN=Cc1ccc(Oc2ccc(F)cc2)cc1. The van der Waals surface area contributed by atoms with Crippen molar-refractivity contribution in [1.82, 2.24) is 5.43 Å². The summed E-state index contributed by atoms with van der Waals surface area (Å²) >= 11 is 0. The molecule has 20 heavy (non-hydrogen) atoms. The summed E-state index contributed by atoms with van der Waals surface area (Å²) in [6, 6.07) is 12.0. The Kier molecular flexibility index (Phi) is 4.28. The molecule has 2 amide bonds. The van der Waals surface area contributed by atoms with Crippen molar-refractivity contribution >= 4 is 12.2 Å². The molecule has 102 valence electrons. The van der Waals surface area contributed by atoms with Gasteiger partial charge in [-0.2, -0.15) is 5.10 Å². The molecule has 0 aromatic heterocycles. The number of amides is 2. The minimum absolute atomic E-state index is 0.314. The van der Waals surface area contributed by atoms with Crippen molar-refractivity contribution in [3.8, 4) is 11.5 Å². The summed E-state index contributed by atoms with van der Waals surface area (Å²) in [5, 5.41) is 3.63. The van der Waals surface area contributed by atoms with E-state index in [9.17, 15) is 9.18 Å². The number of hydrogen-bond acceptors (Lipinski definition) is 3. The summed E-state index contributed by atoms with van der Waals surface area (Å²) in [5.74, 6) is 0.839. The molecular formula is C14H12FN3O2. The molecule has 0 unspecified atom stereocenters. The normalized spacial score (nSPS) is 10.4. The molecular weight excluding hydrogens is 261 g/mol. The maximum absolute atomic E-state index is 12.7. The molecule has 0 radical (unpaired) electrons. The highest BCUT2D eigenvalue weighted by molar-refractivity contribution is 5.81. The first-order chi connectivity index (χ1) is 9.63. The van der Waals surface area contributed by atoms with Gasteiger partial charge in [0.15, 0.2) is 0 Å². The van der Waals surface area contributed by atoms with Crippen LogP contribution in [0.4, 0.5) is 9.18 Å². The number of rotatable bonds is 4. The number of hydrazone groups is 1. The first-order valence-electron chi connectivity index (χ1n) is 5.75. The number of primary amides is 1. The van der Waals surface area contributed by atoms with Gasteiger partial charge in [0.2, 0.25) is 0 Å². The van der Waals surface area contributed by atoms with Crippen LogP contribution in [0.1, 0.15) is 5.56 Å². The lowest BCUT2D eigenvalue weighted by Gasteiger charge is -2.05. The number of carbonyl (C=O) groups is 1. The third-order valence-electron chi connectivity index (χ3n) is 2.32. The van der Waals surface area contributed by atoms with Crippen molar-refractivity contribution in [3.05, 3.63) is 59.9 Å². The van der Waals surface area contributed by atoms with E-state index < -0.39 is 6.03 Å². The molecule has 0 aliphatic rings. The highest BCUT2D eigenvalue weighted by atomic mass is 19.1. The van der Waals surface area contributed by atoms with Crippen LogP contribution in [0, 0.1) is 5.82 Å². The lowest BCUT2D eigenvalue weighted by Crippen LogP contribution is -2.24. The summed E-state index contributed by atoms with van der Waals surface area (Å²) in [6.07, 6.45) is 1.45. The van der Waals surface area contributed by atoms with Crippen LogP contribution in [0.2, 0.25) is 0 Å². The number of nitrogens with two attached hydrogens (primary N) is 1. The van der Waals surface area contributed by atoms with Gasteiger partial charge in [-0.3, -0.25) is 0 Å². The number of ether oxygens (including phenoxy) is 1. The standard InChI is InChI=1S/C14H12FN3O2/c15-11-3-7-13(8-4-11)20-12-5-1-10(2-6-12)9-17-18-14(16)19/h1-9H,(H3,16,18,19). The topological polar surface area (TPSA) is 76.7 Å². The quantitative estimate of drug-likeness (QED) is 0.663.